The van der Waals surface area contributed by atoms with E-state index in [0.717, 1.165) is 77.0 Å². The Labute approximate surface area is 446 Å². The third-order valence-electron chi connectivity index (χ3n) is 13.5. The molecular formula is C63H118N2O6P+. The second kappa shape index (κ2) is 53.8. The van der Waals surface area contributed by atoms with Crippen LogP contribution < -0.4 is 5.32 Å². The van der Waals surface area contributed by atoms with Crippen molar-refractivity contribution in [1.29, 1.82) is 0 Å². The maximum atomic E-state index is 13.0. The molecule has 0 aromatic heterocycles. The number of unbranched alkanes of at least 4 members (excludes halogenated alkanes) is 30. The van der Waals surface area contributed by atoms with Gasteiger partial charge in [0.2, 0.25) is 5.91 Å². The molecule has 420 valence electrons. The SMILES string of the molecule is CC/C=C\C/C=C\C/C=C\C/C=C\C/C=C\C/C=C\CCCCCCCCCCCCCCCCCCCCCCC(=O)NC(COP(=O)(O)OCC[N+](C)(C)C)C(O)CCCCCCCCCCCCC. The standard InChI is InChI=1S/C63H117N2O6P/c1-6-8-10-12-14-16-18-19-20-21-22-23-24-25-26-27-28-29-30-31-32-33-34-35-36-37-38-39-40-41-42-43-44-45-47-49-51-53-55-57-63(67)64-61(60-71-72(68,69)70-59-58-65(3,4)5)62(66)56-54-52-50-48-46-17-15-13-11-9-7-2/h8,10,14,16,19-20,22-23,25-26,28-29,61-62,66H,6-7,9,11-13,15,17-18,21,24,27,30-60H2,1-5H3,(H-,64,67,68,69)/p+1/b10-8-,16-14-,20-19-,23-22-,26-25-,29-28-. The highest BCUT2D eigenvalue weighted by Gasteiger charge is 2.28. The number of allylic oxidation sites excluding steroid dienone is 12. The number of carbonyl (C=O) groups excluding carboxylic acids is 1. The number of hydrogen-bond donors (Lipinski definition) is 3. The summed E-state index contributed by atoms with van der Waals surface area (Å²) in [6.07, 6.45) is 74.2. The molecule has 0 aliphatic rings. The van der Waals surface area contributed by atoms with E-state index in [4.69, 9.17) is 9.05 Å². The van der Waals surface area contributed by atoms with Gasteiger partial charge in [0.1, 0.15) is 13.2 Å². The summed E-state index contributed by atoms with van der Waals surface area (Å²) in [5, 5.41) is 14.0. The molecule has 72 heavy (non-hydrogen) atoms. The van der Waals surface area contributed by atoms with Crippen LogP contribution in [0.2, 0.25) is 0 Å². The van der Waals surface area contributed by atoms with Crippen LogP contribution in [-0.4, -0.2) is 73.4 Å². The Kier molecular flexibility index (Phi) is 52.2. The first-order valence-corrected chi connectivity index (χ1v) is 31.8. The summed E-state index contributed by atoms with van der Waals surface area (Å²) in [5.74, 6) is -0.144. The summed E-state index contributed by atoms with van der Waals surface area (Å²) in [5.41, 5.74) is 0. The van der Waals surface area contributed by atoms with Crippen molar-refractivity contribution in [2.75, 3.05) is 40.9 Å². The molecule has 3 N–H and O–H groups in total. The van der Waals surface area contributed by atoms with Crippen LogP contribution in [0, 0.1) is 0 Å². The van der Waals surface area contributed by atoms with Gasteiger partial charge in [-0.15, -0.1) is 0 Å². The number of amides is 1. The molecule has 0 fully saturated rings. The van der Waals surface area contributed by atoms with E-state index in [9.17, 15) is 19.4 Å². The van der Waals surface area contributed by atoms with E-state index in [1.54, 1.807) is 0 Å². The first-order chi connectivity index (χ1) is 35.0. The fourth-order valence-corrected chi connectivity index (χ4v) is 9.49. The highest BCUT2D eigenvalue weighted by molar-refractivity contribution is 7.47. The zero-order valence-corrected chi connectivity index (χ0v) is 48.8. The van der Waals surface area contributed by atoms with E-state index >= 15 is 0 Å². The van der Waals surface area contributed by atoms with Crippen LogP contribution in [0.4, 0.5) is 0 Å². The van der Waals surface area contributed by atoms with Crippen molar-refractivity contribution in [2.45, 2.75) is 283 Å². The van der Waals surface area contributed by atoms with Gasteiger partial charge in [0.05, 0.1) is 39.9 Å². The average Bonchev–Trinajstić information content (AvgIpc) is 3.34. The summed E-state index contributed by atoms with van der Waals surface area (Å²) in [6.45, 7) is 4.77. The molecule has 0 radical (unpaired) electrons. The van der Waals surface area contributed by atoms with Crippen LogP contribution in [-0.2, 0) is 18.4 Å². The number of phosphoric acid groups is 1. The highest BCUT2D eigenvalue weighted by Crippen LogP contribution is 2.43. The van der Waals surface area contributed by atoms with Gasteiger partial charge in [-0.1, -0.05) is 273 Å². The number of quaternary nitrogens is 1. The average molecular weight is 1030 g/mol. The minimum Gasteiger partial charge on any atom is -0.391 e. The van der Waals surface area contributed by atoms with Gasteiger partial charge < -0.3 is 19.8 Å². The van der Waals surface area contributed by atoms with Crippen LogP contribution in [0.3, 0.4) is 0 Å². The van der Waals surface area contributed by atoms with Gasteiger partial charge in [0, 0.05) is 6.42 Å². The molecule has 0 aliphatic heterocycles. The number of nitrogens with zero attached hydrogens (tertiary/aromatic N) is 1. The van der Waals surface area contributed by atoms with E-state index < -0.39 is 20.0 Å². The quantitative estimate of drug-likeness (QED) is 0.0243. The van der Waals surface area contributed by atoms with Gasteiger partial charge in [-0.3, -0.25) is 13.8 Å². The smallest absolute Gasteiger partial charge is 0.391 e. The second-order valence-corrected chi connectivity index (χ2v) is 23.2. The number of phosphoric ester groups is 1. The second-order valence-electron chi connectivity index (χ2n) is 21.7. The Hall–Kier alpha value is -2.06. The predicted octanol–water partition coefficient (Wildman–Crippen LogP) is 18.7. The van der Waals surface area contributed by atoms with E-state index in [0.29, 0.717) is 23.9 Å². The Morgan fingerprint density at radius 3 is 1.22 bits per heavy atom. The molecule has 3 unspecified atom stereocenters. The molecule has 1 amide bonds. The molecule has 3 atom stereocenters. The summed E-state index contributed by atoms with van der Waals surface area (Å²) in [4.78, 5) is 23.3. The number of likely N-dealkylation sites (N-methyl/N-ethyl adjacent to an activating group) is 1. The lowest BCUT2D eigenvalue weighted by atomic mass is 10.0. The molecule has 0 saturated carbocycles. The highest BCUT2D eigenvalue weighted by atomic mass is 31.2. The first-order valence-electron chi connectivity index (χ1n) is 30.3. The Bertz CT molecular complexity index is 1400. The molecule has 9 heteroatoms. The van der Waals surface area contributed by atoms with Crippen molar-refractivity contribution in [3.63, 3.8) is 0 Å². The van der Waals surface area contributed by atoms with Crippen LogP contribution in [0.1, 0.15) is 271 Å². The minimum absolute atomic E-state index is 0.0746. The minimum atomic E-state index is -4.32. The molecule has 8 nitrogen and oxygen atoms in total. The van der Waals surface area contributed by atoms with Gasteiger partial charge >= 0.3 is 7.82 Å². The van der Waals surface area contributed by atoms with Crippen molar-refractivity contribution in [2.24, 2.45) is 0 Å². The van der Waals surface area contributed by atoms with Gasteiger partial charge in [-0.05, 0) is 64.2 Å². The Morgan fingerprint density at radius 1 is 0.486 bits per heavy atom. The summed E-state index contributed by atoms with van der Waals surface area (Å²) in [7, 11) is 1.62. The molecule has 0 heterocycles. The number of nitrogens with one attached hydrogen (secondary N) is 1. The third kappa shape index (κ3) is 55.7. The van der Waals surface area contributed by atoms with E-state index in [2.05, 4.69) is 92.1 Å². The van der Waals surface area contributed by atoms with Crippen molar-refractivity contribution < 1.29 is 32.9 Å². The van der Waals surface area contributed by atoms with Crippen LogP contribution in [0.25, 0.3) is 0 Å². The zero-order valence-electron chi connectivity index (χ0n) is 47.9. The number of hydrogen-bond acceptors (Lipinski definition) is 5. The third-order valence-corrected chi connectivity index (χ3v) is 14.5. The molecule has 0 rings (SSSR count). The fraction of sp³-hybridized carbons (Fsp3) is 0.794. The molecule has 0 bridgehead atoms. The van der Waals surface area contributed by atoms with Gasteiger partial charge in [0.15, 0.2) is 0 Å². The lowest BCUT2D eigenvalue weighted by Gasteiger charge is -2.26. The molecular weight excluding hydrogens is 912 g/mol. The van der Waals surface area contributed by atoms with Gasteiger partial charge in [-0.25, -0.2) is 4.57 Å². The molecule has 0 aromatic rings. The first kappa shape index (κ1) is 69.9. The van der Waals surface area contributed by atoms with Crippen molar-refractivity contribution in [3.05, 3.63) is 72.9 Å². The van der Waals surface area contributed by atoms with Gasteiger partial charge in [0.25, 0.3) is 0 Å². The maximum Gasteiger partial charge on any atom is 0.472 e. The number of carbonyl (C=O) groups is 1. The van der Waals surface area contributed by atoms with Crippen molar-refractivity contribution in [1.82, 2.24) is 5.32 Å². The normalized spacial score (nSPS) is 14.4. The fourth-order valence-electron chi connectivity index (χ4n) is 8.76. The summed E-state index contributed by atoms with van der Waals surface area (Å²) < 4.78 is 23.7. The molecule has 0 aromatic carbocycles. The van der Waals surface area contributed by atoms with Crippen LogP contribution in [0.5, 0.6) is 0 Å². The number of aliphatic hydroxyl groups is 1. The Morgan fingerprint density at radius 2 is 0.833 bits per heavy atom. The Balaban J connectivity index is 3.88. The van der Waals surface area contributed by atoms with E-state index in [1.165, 1.54) is 167 Å². The molecule has 0 aliphatic carbocycles. The summed E-state index contributed by atoms with van der Waals surface area (Å²) in [6, 6.07) is -0.759. The summed E-state index contributed by atoms with van der Waals surface area (Å²) >= 11 is 0. The lowest BCUT2D eigenvalue weighted by Crippen LogP contribution is -2.46. The largest absolute Gasteiger partial charge is 0.472 e. The zero-order chi connectivity index (χ0) is 52.7. The molecule has 0 spiro atoms. The van der Waals surface area contributed by atoms with Gasteiger partial charge in [-0.2, -0.15) is 0 Å². The number of rotatable bonds is 55. The van der Waals surface area contributed by atoms with E-state index in [1.807, 2.05) is 21.1 Å². The van der Waals surface area contributed by atoms with E-state index in [-0.39, 0.29) is 19.1 Å². The lowest BCUT2D eigenvalue weighted by molar-refractivity contribution is -0.870. The maximum absolute atomic E-state index is 13.0. The van der Waals surface area contributed by atoms with Crippen molar-refractivity contribution >= 4 is 13.7 Å². The number of aliphatic hydroxyl groups excluding tert-OH is 1. The van der Waals surface area contributed by atoms with Crippen molar-refractivity contribution in [3.8, 4) is 0 Å². The molecule has 0 saturated heterocycles. The van der Waals surface area contributed by atoms with Crippen LogP contribution >= 0.6 is 7.82 Å². The monoisotopic (exact) mass is 1030 g/mol. The topological polar surface area (TPSA) is 105 Å². The predicted molar refractivity (Wildman–Crippen MR) is 313 cm³/mol. The van der Waals surface area contributed by atoms with Crippen LogP contribution in [0.15, 0.2) is 72.9 Å².